The van der Waals surface area contributed by atoms with Crippen LogP contribution in [0.3, 0.4) is 0 Å². The van der Waals surface area contributed by atoms with Crippen LogP contribution < -0.4 is 5.63 Å². The maximum absolute atomic E-state index is 11.9. The number of para-hydroxylation sites is 1. The molecule has 0 aliphatic carbocycles. The summed E-state index contributed by atoms with van der Waals surface area (Å²) in [6.07, 6.45) is 0. The molecule has 2 aromatic carbocycles. The monoisotopic (exact) mass is 261 g/mol. The second kappa shape index (κ2) is 4.67. The summed E-state index contributed by atoms with van der Waals surface area (Å²) in [7, 11) is 0. The smallest absolute Gasteiger partial charge is 0.354 e. The van der Waals surface area contributed by atoms with Gasteiger partial charge in [0.05, 0.1) is 0 Å². The first-order valence-corrected chi connectivity index (χ1v) is 6.23. The number of rotatable bonds is 1. The molecule has 0 bridgehead atoms. The Morgan fingerprint density at radius 2 is 1.75 bits per heavy atom. The lowest BCUT2D eigenvalue weighted by Gasteiger charge is -2.08. The highest BCUT2D eigenvalue weighted by atomic mass is 16.4. The van der Waals surface area contributed by atoms with E-state index in [0.29, 0.717) is 11.1 Å². The van der Waals surface area contributed by atoms with Gasteiger partial charge in [-0.2, -0.15) is 5.26 Å². The number of nitriles is 1. The largest absolute Gasteiger partial charge is 0.422 e. The minimum Gasteiger partial charge on any atom is -0.422 e. The average molecular weight is 261 g/mol. The quantitative estimate of drug-likeness (QED) is 0.628. The average Bonchev–Trinajstić information content (AvgIpc) is 2.47. The van der Waals surface area contributed by atoms with Gasteiger partial charge in [0.1, 0.15) is 17.2 Å². The molecule has 0 N–H and O–H groups in total. The van der Waals surface area contributed by atoms with Crippen molar-refractivity contribution in [1.29, 1.82) is 5.26 Å². The molecule has 0 atom stereocenters. The normalized spacial score (nSPS) is 10.4. The van der Waals surface area contributed by atoms with E-state index < -0.39 is 5.63 Å². The van der Waals surface area contributed by atoms with Crippen LogP contribution in [-0.2, 0) is 0 Å². The summed E-state index contributed by atoms with van der Waals surface area (Å²) in [6.45, 7) is 1.99. The van der Waals surface area contributed by atoms with Gasteiger partial charge >= 0.3 is 5.63 Å². The summed E-state index contributed by atoms with van der Waals surface area (Å²) in [4.78, 5) is 11.9. The van der Waals surface area contributed by atoms with Crippen molar-refractivity contribution in [3.05, 3.63) is 70.1 Å². The third-order valence-electron chi connectivity index (χ3n) is 3.27. The van der Waals surface area contributed by atoms with Crippen LogP contribution in [0.25, 0.3) is 22.1 Å². The maximum Gasteiger partial charge on any atom is 0.354 e. The Bertz CT molecular complexity index is 883. The molecule has 96 valence electrons. The summed E-state index contributed by atoms with van der Waals surface area (Å²) in [6, 6.07) is 17.0. The van der Waals surface area contributed by atoms with Gasteiger partial charge in [0, 0.05) is 10.9 Å². The zero-order chi connectivity index (χ0) is 14.1. The van der Waals surface area contributed by atoms with Gasteiger partial charge in [-0.15, -0.1) is 0 Å². The van der Waals surface area contributed by atoms with E-state index in [-0.39, 0.29) is 5.56 Å². The van der Waals surface area contributed by atoms with E-state index >= 15 is 0 Å². The molecule has 3 rings (SSSR count). The lowest BCUT2D eigenvalue weighted by molar-refractivity contribution is 0.559. The highest BCUT2D eigenvalue weighted by molar-refractivity contribution is 5.95. The molecule has 0 unspecified atom stereocenters. The second-order valence-electron chi connectivity index (χ2n) is 4.61. The van der Waals surface area contributed by atoms with Gasteiger partial charge in [-0.3, -0.25) is 0 Å². The molecule has 0 amide bonds. The summed E-state index contributed by atoms with van der Waals surface area (Å²) in [5.74, 6) is 0. The number of nitrogens with zero attached hydrogens (tertiary/aromatic N) is 1. The predicted octanol–water partition coefficient (Wildman–Crippen LogP) is 3.64. The predicted molar refractivity (Wildman–Crippen MR) is 77.4 cm³/mol. The van der Waals surface area contributed by atoms with Crippen LogP contribution >= 0.6 is 0 Å². The zero-order valence-electron chi connectivity index (χ0n) is 10.9. The molecule has 1 aromatic heterocycles. The van der Waals surface area contributed by atoms with E-state index in [0.717, 1.165) is 16.5 Å². The lowest BCUT2D eigenvalue weighted by Crippen LogP contribution is -2.06. The van der Waals surface area contributed by atoms with E-state index in [1.54, 1.807) is 12.1 Å². The standard InChI is InChI=1S/C17H11NO2/c1-11-6-8-12(9-7-11)16-13-4-2-3-5-15(13)20-17(19)14(16)10-18/h2-9H,1H3. The number of benzene rings is 2. The van der Waals surface area contributed by atoms with Gasteiger partial charge < -0.3 is 4.42 Å². The van der Waals surface area contributed by atoms with E-state index in [2.05, 4.69) is 0 Å². The Morgan fingerprint density at radius 3 is 2.45 bits per heavy atom. The molecular formula is C17H11NO2. The molecule has 0 spiro atoms. The van der Waals surface area contributed by atoms with Crippen molar-refractivity contribution in [3.8, 4) is 17.2 Å². The van der Waals surface area contributed by atoms with Crippen LogP contribution in [0.5, 0.6) is 0 Å². The first-order chi connectivity index (χ1) is 9.70. The van der Waals surface area contributed by atoms with Gasteiger partial charge in [0.25, 0.3) is 0 Å². The molecule has 0 fully saturated rings. The molecule has 0 aliphatic heterocycles. The van der Waals surface area contributed by atoms with E-state index in [9.17, 15) is 10.1 Å². The van der Waals surface area contributed by atoms with Gasteiger partial charge in [0.15, 0.2) is 0 Å². The van der Waals surface area contributed by atoms with Crippen LogP contribution in [0, 0.1) is 18.3 Å². The molecule has 3 aromatic rings. The molecular weight excluding hydrogens is 250 g/mol. The Hall–Kier alpha value is -2.86. The van der Waals surface area contributed by atoms with Gasteiger partial charge in [-0.1, -0.05) is 48.0 Å². The second-order valence-corrected chi connectivity index (χ2v) is 4.61. The van der Waals surface area contributed by atoms with Crippen molar-refractivity contribution in [1.82, 2.24) is 0 Å². The third-order valence-corrected chi connectivity index (χ3v) is 3.27. The van der Waals surface area contributed by atoms with Crippen LogP contribution in [0.4, 0.5) is 0 Å². The fourth-order valence-corrected chi connectivity index (χ4v) is 2.27. The van der Waals surface area contributed by atoms with Crippen molar-refractivity contribution < 1.29 is 4.42 Å². The lowest BCUT2D eigenvalue weighted by atomic mass is 9.97. The first-order valence-electron chi connectivity index (χ1n) is 6.23. The third kappa shape index (κ3) is 1.88. The van der Waals surface area contributed by atoms with Crippen LogP contribution in [0.2, 0.25) is 0 Å². The molecule has 20 heavy (non-hydrogen) atoms. The minimum atomic E-state index is -0.596. The summed E-state index contributed by atoms with van der Waals surface area (Å²) >= 11 is 0. The van der Waals surface area contributed by atoms with Gasteiger partial charge in [-0.05, 0) is 18.6 Å². The summed E-state index contributed by atoms with van der Waals surface area (Å²) in [5, 5.41) is 10.0. The SMILES string of the molecule is Cc1ccc(-c2c(C#N)c(=O)oc3ccccc23)cc1. The molecule has 0 saturated carbocycles. The minimum absolute atomic E-state index is 0.0487. The van der Waals surface area contributed by atoms with E-state index in [1.165, 1.54) is 0 Å². The number of hydrogen-bond donors (Lipinski definition) is 0. The highest BCUT2D eigenvalue weighted by Gasteiger charge is 2.15. The van der Waals surface area contributed by atoms with Crippen molar-refractivity contribution >= 4 is 11.0 Å². The number of fused-ring (bicyclic) bond motifs is 1. The Morgan fingerprint density at radius 1 is 1.05 bits per heavy atom. The van der Waals surface area contributed by atoms with E-state index in [4.69, 9.17) is 4.42 Å². The Kier molecular flexibility index (Phi) is 2.85. The van der Waals surface area contributed by atoms with Gasteiger partial charge in [0.2, 0.25) is 0 Å². The van der Waals surface area contributed by atoms with Crippen LogP contribution in [0.15, 0.2) is 57.7 Å². The zero-order valence-corrected chi connectivity index (χ0v) is 10.9. The molecule has 1 heterocycles. The maximum atomic E-state index is 11.9. The van der Waals surface area contributed by atoms with E-state index in [1.807, 2.05) is 49.4 Å². The van der Waals surface area contributed by atoms with Crippen molar-refractivity contribution in [3.63, 3.8) is 0 Å². The molecule has 3 heteroatoms. The van der Waals surface area contributed by atoms with Gasteiger partial charge in [-0.25, -0.2) is 4.79 Å². The van der Waals surface area contributed by atoms with Crippen molar-refractivity contribution in [2.24, 2.45) is 0 Å². The fraction of sp³-hybridized carbons (Fsp3) is 0.0588. The summed E-state index contributed by atoms with van der Waals surface area (Å²) in [5.41, 5.74) is 2.55. The molecule has 0 saturated heterocycles. The van der Waals surface area contributed by atoms with Crippen molar-refractivity contribution in [2.45, 2.75) is 6.92 Å². The van der Waals surface area contributed by atoms with Crippen LogP contribution in [0.1, 0.15) is 11.1 Å². The Labute approximate surface area is 115 Å². The highest BCUT2D eigenvalue weighted by Crippen LogP contribution is 2.30. The molecule has 0 radical (unpaired) electrons. The van der Waals surface area contributed by atoms with Crippen molar-refractivity contribution in [2.75, 3.05) is 0 Å². The number of hydrogen-bond acceptors (Lipinski definition) is 3. The summed E-state index contributed by atoms with van der Waals surface area (Å²) < 4.78 is 5.19. The number of aryl methyl sites for hydroxylation is 1. The topological polar surface area (TPSA) is 54.0 Å². The first kappa shape index (κ1) is 12.2. The Balaban J connectivity index is 2.46. The van der Waals surface area contributed by atoms with Crippen LogP contribution in [-0.4, -0.2) is 0 Å². The fourth-order valence-electron chi connectivity index (χ4n) is 2.27. The molecule has 3 nitrogen and oxygen atoms in total. The molecule has 0 aliphatic rings.